The second-order valence-electron chi connectivity index (χ2n) is 11.6. The number of aryl methyl sites for hydroxylation is 1. The predicted octanol–water partition coefficient (Wildman–Crippen LogP) is 1.89. The Balaban J connectivity index is 1.70. The lowest BCUT2D eigenvalue weighted by atomic mass is 9.58. The van der Waals surface area contributed by atoms with Gasteiger partial charge in [0.2, 0.25) is 5.78 Å². The Morgan fingerprint density at radius 2 is 1.69 bits per heavy atom. The molecule has 0 saturated heterocycles. The number of primary amides is 1. The van der Waals surface area contributed by atoms with Crippen LogP contribution in [0.15, 0.2) is 53.0 Å². The van der Waals surface area contributed by atoms with Crippen molar-refractivity contribution in [1.82, 2.24) is 4.90 Å². The predicted molar refractivity (Wildman–Crippen MR) is 155 cm³/mol. The first kappa shape index (κ1) is 28.9. The number of aromatic hydroxyl groups is 1. The lowest BCUT2D eigenvalue weighted by Crippen LogP contribution is -2.63. The number of allylic oxidation sites excluding steroid dienone is 1. The summed E-state index contributed by atoms with van der Waals surface area (Å²) in [6.45, 7) is 1.96. The van der Waals surface area contributed by atoms with Gasteiger partial charge in [-0.15, -0.1) is 0 Å². The van der Waals surface area contributed by atoms with E-state index in [2.05, 4.69) is 11.8 Å². The van der Waals surface area contributed by atoms with E-state index >= 15 is 0 Å². The number of hydrogen-bond donors (Lipinski definition) is 5. The number of anilines is 1. The summed E-state index contributed by atoms with van der Waals surface area (Å²) in [5, 5.41) is 45.6. The summed E-state index contributed by atoms with van der Waals surface area (Å²) >= 11 is 0. The zero-order chi connectivity index (χ0) is 30.8. The Bertz CT molecular complexity index is 1670. The van der Waals surface area contributed by atoms with Crippen LogP contribution < -0.4 is 10.6 Å². The number of ketones is 2. The number of carbonyl (C=O) groups is 3. The maximum Gasteiger partial charge on any atom is 0.255 e. The minimum Gasteiger partial charge on any atom is -0.510 e. The van der Waals surface area contributed by atoms with Gasteiger partial charge in [-0.3, -0.25) is 19.3 Å². The van der Waals surface area contributed by atoms with E-state index in [0.717, 1.165) is 5.56 Å². The number of phenols is 1. The molecule has 0 radical (unpaired) electrons. The van der Waals surface area contributed by atoms with Crippen LogP contribution in [0.3, 0.4) is 0 Å². The molecule has 10 nitrogen and oxygen atoms in total. The van der Waals surface area contributed by atoms with Crippen LogP contribution in [0.25, 0.3) is 0 Å². The zero-order valence-corrected chi connectivity index (χ0v) is 24.0. The van der Waals surface area contributed by atoms with Crippen molar-refractivity contribution in [2.75, 3.05) is 33.1 Å². The van der Waals surface area contributed by atoms with E-state index in [9.17, 15) is 34.8 Å². The molecule has 2 aromatic carbocycles. The second-order valence-corrected chi connectivity index (χ2v) is 11.6. The molecule has 5 rings (SSSR count). The standard InChI is InChI=1S/C32H33N3O7/c1-15-6-8-16(9-7-15)10-11-17-14-21(34(2)3)19-12-18-13-20-25(35(4)5)28(38)24(31(33)41)30(40)32(20,42)29(39)22(18)27(37)23(19)26(17)36/h6-9,14,18,20,25,36,38-39,42H,12-13H2,1-5H3,(H2,33,41)/t18-,20-,25-,32-/m0/s1. The number of Topliss-reactive ketones (excluding diaryl/α,β-unsaturated/α-hetero) is 2. The molecule has 0 unspecified atom stereocenters. The monoisotopic (exact) mass is 571 g/mol. The highest BCUT2D eigenvalue weighted by Gasteiger charge is 2.63. The van der Waals surface area contributed by atoms with Gasteiger partial charge in [0, 0.05) is 36.8 Å². The largest absolute Gasteiger partial charge is 0.510 e. The number of carbonyl (C=O) groups excluding carboxylic acids is 3. The molecule has 218 valence electrons. The molecule has 0 aliphatic heterocycles. The summed E-state index contributed by atoms with van der Waals surface area (Å²) in [4.78, 5) is 43.1. The number of nitrogens with two attached hydrogens (primary N) is 1. The van der Waals surface area contributed by atoms with Gasteiger partial charge in [0.05, 0.1) is 17.2 Å². The molecule has 1 amide bonds. The van der Waals surface area contributed by atoms with Crippen LogP contribution in [0, 0.1) is 30.6 Å². The molecular formula is C32H33N3O7. The molecule has 0 heterocycles. The molecule has 3 aliphatic rings. The topological polar surface area (TPSA) is 165 Å². The highest BCUT2D eigenvalue weighted by atomic mass is 16.3. The molecule has 0 fully saturated rings. The number of nitrogens with zero attached hydrogens (tertiary/aromatic N) is 2. The van der Waals surface area contributed by atoms with Gasteiger partial charge in [-0.2, -0.15) is 0 Å². The molecule has 0 bridgehead atoms. The number of aliphatic hydroxyl groups is 3. The van der Waals surface area contributed by atoms with E-state index in [1.54, 1.807) is 39.2 Å². The van der Waals surface area contributed by atoms with E-state index in [4.69, 9.17) is 5.73 Å². The third-order valence-corrected chi connectivity index (χ3v) is 8.57. The first-order valence-electron chi connectivity index (χ1n) is 13.5. The minimum atomic E-state index is -2.69. The molecule has 0 aromatic heterocycles. The van der Waals surface area contributed by atoms with Crippen molar-refractivity contribution in [2.24, 2.45) is 17.6 Å². The maximum atomic E-state index is 14.1. The summed E-state index contributed by atoms with van der Waals surface area (Å²) in [5.74, 6) is -0.943. The van der Waals surface area contributed by atoms with Crippen molar-refractivity contribution >= 4 is 23.2 Å². The van der Waals surface area contributed by atoms with E-state index in [1.807, 2.05) is 31.2 Å². The van der Waals surface area contributed by atoms with Crippen molar-refractivity contribution in [2.45, 2.75) is 31.4 Å². The van der Waals surface area contributed by atoms with Crippen molar-refractivity contribution < 1.29 is 34.8 Å². The first-order valence-corrected chi connectivity index (χ1v) is 13.5. The molecule has 3 aliphatic carbocycles. The van der Waals surface area contributed by atoms with Crippen LogP contribution in [-0.4, -0.2) is 82.6 Å². The van der Waals surface area contributed by atoms with Gasteiger partial charge in [0.15, 0.2) is 11.4 Å². The SMILES string of the molecule is Cc1ccc(C#Cc2cc(N(C)C)c3c(c2O)C(=O)C2=C(O)[C@]4(O)C(=O)C(C(N)=O)=C(O)[C@@H](N(C)C)[C@@H]4C[C@@H]2C3)cc1. The molecule has 2 aromatic rings. The van der Waals surface area contributed by atoms with Crippen molar-refractivity contribution in [3.05, 3.63) is 80.8 Å². The summed E-state index contributed by atoms with van der Waals surface area (Å²) in [5.41, 5.74) is 4.75. The summed E-state index contributed by atoms with van der Waals surface area (Å²) in [6.07, 6.45) is 0.218. The van der Waals surface area contributed by atoms with Crippen LogP contribution in [-0.2, 0) is 16.0 Å². The minimum absolute atomic E-state index is 0.0222. The van der Waals surface area contributed by atoms with Crippen molar-refractivity contribution in [1.29, 1.82) is 0 Å². The number of hydrogen-bond acceptors (Lipinski definition) is 9. The molecule has 0 saturated carbocycles. The zero-order valence-electron chi connectivity index (χ0n) is 24.0. The highest BCUT2D eigenvalue weighted by Crippen LogP contribution is 2.53. The van der Waals surface area contributed by atoms with Crippen LogP contribution in [0.2, 0.25) is 0 Å². The Morgan fingerprint density at radius 3 is 2.26 bits per heavy atom. The first-order chi connectivity index (χ1) is 19.7. The smallest absolute Gasteiger partial charge is 0.255 e. The maximum absolute atomic E-state index is 14.1. The Morgan fingerprint density at radius 1 is 1.05 bits per heavy atom. The Hall–Kier alpha value is -4.59. The van der Waals surface area contributed by atoms with Crippen molar-refractivity contribution in [3.63, 3.8) is 0 Å². The van der Waals surface area contributed by atoms with Gasteiger partial charge in [0.25, 0.3) is 5.91 Å². The lowest BCUT2D eigenvalue weighted by molar-refractivity contribution is -0.148. The lowest BCUT2D eigenvalue weighted by Gasteiger charge is -2.50. The Kier molecular flexibility index (Phi) is 6.92. The molecule has 42 heavy (non-hydrogen) atoms. The molecular weight excluding hydrogens is 538 g/mol. The number of rotatable bonds is 3. The van der Waals surface area contributed by atoms with Gasteiger partial charge in [-0.05, 0) is 63.5 Å². The summed E-state index contributed by atoms with van der Waals surface area (Å²) in [7, 11) is 6.78. The average molecular weight is 572 g/mol. The third-order valence-electron chi connectivity index (χ3n) is 8.57. The molecule has 6 N–H and O–H groups in total. The number of benzene rings is 2. The number of likely N-dealkylation sites (N-methyl/N-ethyl adjacent to an activating group) is 1. The van der Waals surface area contributed by atoms with E-state index < -0.39 is 58.0 Å². The fraction of sp³-hybridized carbons (Fsp3) is 0.344. The summed E-state index contributed by atoms with van der Waals surface area (Å²) < 4.78 is 0. The van der Waals surface area contributed by atoms with E-state index in [1.165, 1.54) is 4.90 Å². The second kappa shape index (κ2) is 10.0. The van der Waals surface area contributed by atoms with E-state index in [0.29, 0.717) is 16.8 Å². The van der Waals surface area contributed by atoms with Crippen LogP contribution in [0.5, 0.6) is 5.75 Å². The number of phenolic OH excluding ortho intramolecular Hbond substituents is 1. The normalized spacial score (nSPS) is 25.0. The van der Waals surface area contributed by atoms with Gasteiger partial charge in [-0.25, -0.2) is 0 Å². The molecule has 10 heteroatoms. The third kappa shape index (κ3) is 4.16. The highest BCUT2D eigenvalue weighted by molar-refractivity contribution is 6.25. The van der Waals surface area contributed by atoms with Crippen molar-refractivity contribution in [3.8, 4) is 17.6 Å². The molecule has 0 spiro atoms. The number of amides is 1. The van der Waals surface area contributed by atoms with Crippen LogP contribution in [0.1, 0.15) is 39.0 Å². The fourth-order valence-electron chi connectivity index (χ4n) is 6.57. The van der Waals surface area contributed by atoms with Gasteiger partial charge >= 0.3 is 0 Å². The average Bonchev–Trinajstić information content (AvgIpc) is 2.90. The Labute approximate surface area is 243 Å². The van der Waals surface area contributed by atoms with Gasteiger partial charge < -0.3 is 31.1 Å². The van der Waals surface area contributed by atoms with Crippen LogP contribution >= 0.6 is 0 Å². The van der Waals surface area contributed by atoms with Gasteiger partial charge in [-0.1, -0.05) is 29.5 Å². The van der Waals surface area contributed by atoms with E-state index in [-0.39, 0.29) is 35.3 Å². The fourth-order valence-corrected chi connectivity index (χ4v) is 6.57. The summed E-state index contributed by atoms with van der Waals surface area (Å²) in [6, 6.07) is 8.17. The number of fused-ring (bicyclic) bond motifs is 3. The number of aliphatic hydroxyl groups excluding tert-OH is 2. The van der Waals surface area contributed by atoms with Crippen LogP contribution in [0.4, 0.5) is 5.69 Å². The molecule has 4 atom stereocenters. The van der Waals surface area contributed by atoms with Gasteiger partial charge in [0.1, 0.15) is 22.8 Å². The quantitative estimate of drug-likeness (QED) is 0.273.